The van der Waals surface area contributed by atoms with Crippen molar-refractivity contribution in [2.24, 2.45) is 5.92 Å². The molecule has 0 aliphatic carbocycles. The molecule has 190 valence electrons. The van der Waals surface area contributed by atoms with E-state index in [4.69, 9.17) is 14.2 Å². The van der Waals surface area contributed by atoms with Crippen molar-refractivity contribution in [1.29, 1.82) is 0 Å². The maximum absolute atomic E-state index is 12.4. The van der Waals surface area contributed by atoms with Crippen LogP contribution in [0.1, 0.15) is 34.5 Å². The molecule has 2 aliphatic rings. The molecule has 3 aromatic rings. The maximum Gasteiger partial charge on any atom is 0.251 e. The van der Waals surface area contributed by atoms with Crippen molar-refractivity contribution >= 4 is 5.91 Å². The number of carbonyl (C=O) groups is 1. The molecule has 0 saturated heterocycles. The Labute approximate surface area is 211 Å². The summed E-state index contributed by atoms with van der Waals surface area (Å²) in [6.45, 7) is 6.94. The van der Waals surface area contributed by atoms with Gasteiger partial charge in [0, 0.05) is 51.1 Å². The van der Waals surface area contributed by atoms with Gasteiger partial charge in [0.2, 0.25) is 6.79 Å². The summed E-state index contributed by atoms with van der Waals surface area (Å²) in [6.07, 6.45) is 2.52. The lowest BCUT2D eigenvalue weighted by atomic mass is 10.00. The Kier molecular flexibility index (Phi) is 7.36. The summed E-state index contributed by atoms with van der Waals surface area (Å²) < 4.78 is 18.3. The fourth-order valence-electron chi connectivity index (χ4n) is 4.90. The molecule has 3 heterocycles. The normalized spacial score (nSPS) is 15.7. The van der Waals surface area contributed by atoms with Crippen LogP contribution in [0.3, 0.4) is 0 Å². The zero-order chi connectivity index (χ0) is 24.9. The van der Waals surface area contributed by atoms with Gasteiger partial charge >= 0.3 is 0 Å². The Morgan fingerprint density at radius 1 is 1.08 bits per heavy atom. The number of methoxy groups -OCH3 is 1. The minimum Gasteiger partial charge on any atom is -0.497 e. The molecule has 0 spiro atoms. The third-order valence-corrected chi connectivity index (χ3v) is 6.77. The lowest BCUT2D eigenvalue weighted by Gasteiger charge is -2.24. The van der Waals surface area contributed by atoms with Crippen molar-refractivity contribution in [1.82, 2.24) is 25.0 Å². The molecule has 2 aliphatic heterocycles. The summed E-state index contributed by atoms with van der Waals surface area (Å²) in [5.74, 6) is 4.78. The van der Waals surface area contributed by atoms with Crippen LogP contribution in [-0.4, -0.2) is 65.7 Å². The SMILES string of the molecule is COc1ccc(C(=O)NCCc2nnc3n2CCN(C[C@H](C)Cc2ccc4c(c2)OCO4)CC3)cc1. The number of aromatic nitrogens is 3. The largest absolute Gasteiger partial charge is 0.497 e. The zero-order valence-electron chi connectivity index (χ0n) is 20.9. The predicted molar refractivity (Wildman–Crippen MR) is 135 cm³/mol. The first-order valence-corrected chi connectivity index (χ1v) is 12.5. The van der Waals surface area contributed by atoms with Gasteiger partial charge in [-0.3, -0.25) is 4.79 Å². The van der Waals surface area contributed by atoms with Gasteiger partial charge in [0.15, 0.2) is 11.5 Å². The van der Waals surface area contributed by atoms with E-state index in [1.807, 2.05) is 6.07 Å². The minimum atomic E-state index is -0.101. The molecule has 5 rings (SSSR count). The first-order valence-electron chi connectivity index (χ1n) is 12.5. The highest BCUT2D eigenvalue weighted by atomic mass is 16.7. The number of hydrogen-bond donors (Lipinski definition) is 1. The van der Waals surface area contributed by atoms with Gasteiger partial charge in [0.05, 0.1) is 7.11 Å². The van der Waals surface area contributed by atoms with Gasteiger partial charge in [0.25, 0.3) is 5.91 Å². The average Bonchev–Trinajstić information content (AvgIpc) is 3.46. The van der Waals surface area contributed by atoms with Crippen molar-refractivity contribution in [2.45, 2.75) is 32.7 Å². The topological polar surface area (TPSA) is 90.7 Å². The zero-order valence-corrected chi connectivity index (χ0v) is 20.9. The molecular weight excluding hydrogens is 458 g/mol. The second-order valence-corrected chi connectivity index (χ2v) is 9.47. The van der Waals surface area contributed by atoms with E-state index >= 15 is 0 Å². The van der Waals surface area contributed by atoms with Gasteiger partial charge in [-0.05, 0) is 54.3 Å². The number of nitrogens with one attached hydrogen (secondary N) is 1. The van der Waals surface area contributed by atoms with E-state index in [9.17, 15) is 4.79 Å². The molecule has 0 radical (unpaired) electrons. The summed E-state index contributed by atoms with van der Waals surface area (Å²) in [5.41, 5.74) is 1.89. The molecule has 9 heteroatoms. The van der Waals surface area contributed by atoms with Gasteiger partial charge in [-0.1, -0.05) is 13.0 Å². The van der Waals surface area contributed by atoms with Crippen LogP contribution < -0.4 is 19.5 Å². The van der Waals surface area contributed by atoms with Crippen LogP contribution in [0.25, 0.3) is 0 Å². The number of fused-ring (bicyclic) bond motifs is 2. The predicted octanol–water partition coefficient (Wildman–Crippen LogP) is 2.72. The monoisotopic (exact) mass is 491 g/mol. The quantitative estimate of drug-likeness (QED) is 0.492. The molecule has 36 heavy (non-hydrogen) atoms. The molecule has 1 N–H and O–H groups in total. The Bertz CT molecular complexity index is 1190. The third kappa shape index (κ3) is 5.62. The summed E-state index contributed by atoms with van der Waals surface area (Å²) in [6, 6.07) is 13.3. The molecule has 9 nitrogen and oxygen atoms in total. The summed E-state index contributed by atoms with van der Waals surface area (Å²) >= 11 is 0. The molecule has 0 bridgehead atoms. The van der Waals surface area contributed by atoms with Crippen molar-refractivity contribution in [3.8, 4) is 17.2 Å². The first-order chi connectivity index (χ1) is 17.6. The Balaban J connectivity index is 1.10. The van der Waals surface area contributed by atoms with Crippen LogP contribution in [0.15, 0.2) is 42.5 Å². The van der Waals surface area contributed by atoms with Crippen LogP contribution in [0.5, 0.6) is 17.2 Å². The van der Waals surface area contributed by atoms with Gasteiger partial charge < -0.3 is 29.0 Å². The molecule has 1 atom stereocenters. The van der Waals surface area contributed by atoms with Gasteiger partial charge in [0.1, 0.15) is 17.4 Å². The Morgan fingerprint density at radius 3 is 2.75 bits per heavy atom. The van der Waals surface area contributed by atoms with E-state index in [0.717, 1.165) is 67.9 Å². The number of hydrogen-bond acceptors (Lipinski definition) is 7. The van der Waals surface area contributed by atoms with E-state index in [1.165, 1.54) is 5.56 Å². The van der Waals surface area contributed by atoms with Crippen LogP contribution in [0, 0.1) is 5.92 Å². The number of benzene rings is 2. The number of carbonyl (C=O) groups excluding carboxylic acids is 1. The van der Waals surface area contributed by atoms with E-state index < -0.39 is 0 Å². The summed E-state index contributed by atoms with van der Waals surface area (Å²) in [7, 11) is 1.61. The van der Waals surface area contributed by atoms with Crippen molar-refractivity contribution in [3.63, 3.8) is 0 Å². The van der Waals surface area contributed by atoms with Crippen molar-refractivity contribution < 1.29 is 19.0 Å². The lowest BCUT2D eigenvalue weighted by molar-refractivity contribution is 0.0954. The molecular formula is C27H33N5O4. The first kappa shape index (κ1) is 24.1. The fraction of sp³-hybridized carbons (Fsp3) is 0.444. The highest BCUT2D eigenvalue weighted by Crippen LogP contribution is 2.33. The lowest BCUT2D eigenvalue weighted by Crippen LogP contribution is -2.32. The molecule has 1 amide bonds. The molecule has 1 aromatic heterocycles. The van der Waals surface area contributed by atoms with Crippen molar-refractivity contribution in [3.05, 3.63) is 65.2 Å². The molecule has 2 aromatic carbocycles. The van der Waals surface area contributed by atoms with Gasteiger partial charge in [-0.2, -0.15) is 0 Å². The standard InChI is InChI=1S/C27H33N5O4/c1-19(15-20-3-8-23-24(16-20)36-18-35-23)17-31-12-10-26-30-29-25(32(26)14-13-31)9-11-28-27(33)21-4-6-22(34-2)7-5-21/h3-8,16,19H,9-15,17-18H2,1-2H3,(H,28,33)/t19-/m1/s1. The van der Waals surface area contributed by atoms with Crippen LogP contribution in [0.2, 0.25) is 0 Å². The Hall–Kier alpha value is -3.59. The Morgan fingerprint density at radius 2 is 1.92 bits per heavy atom. The number of nitrogens with zero attached hydrogens (tertiary/aromatic N) is 4. The highest BCUT2D eigenvalue weighted by molar-refractivity contribution is 5.94. The van der Waals surface area contributed by atoms with Crippen LogP contribution >= 0.6 is 0 Å². The number of ether oxygens (including phenoxy) is 3. The third-order valence-electron chi connectivity index (χ3n) is 6.77. The van der Waals surface area contributed by atoms with Crippen LogP contribution in [-0.2, 0) is 25.8 Å². The fourth-order valence-corrected chi connectivity index (χ4v) is 4.90. The number of amides is 1. The van der Waals surface area contributed by atoms with E-state index in [1.54, 1.807) is 31.4 Å². The summed E-state index contributed by atoms with van der Waals surface area (Å²) in [5, 5.41) is 11.8. The van der Waals surface area contributed by atoms with Gasteiger partial charge in [-0.15, -0.1) is 10.2 Å². The minimum absolute atomic E-state index is 0.101. The van der Waals surface area contributed by atoms with E-state index in [0.29, 0.717) is 31.2 Å². The molecule has 0 saturated carbocycles. The van der Waals surface area contributed by atoms with E-state index in [2.05, 4.69) is 44.0 Å². The number of rotatable bonds is 9. The molecule has 0 fully saturated rings. The molecule has 0 unspecified atom stereocenters. The highest BCUT2D eigenvalue weighted by Gasteiger charge is 2.21. The van der Waals surface area contributed by atoms with E-state index in [-0.39, 0.29) is 5.91 Å². The average molecular weight is 492 g/mol. The van der Waals surface area contributed by atoms with Gasteiger partial charge in [-0.25, -0.2) is 0 Å². The summed E-state index contributed by atoms with van der Waals surface area (Å²) in [4.78, 5) is 14.9. The smallest absolute Gasteiger partial charge is 0.251 e. The second-order valence-electron chi connectivity index (χ2n) is 9.47. The van der Waals surface area contributed by atoms with Crippen molar-refractivity contribution in [2.75, 3.05) is 40.1 Å². The second kappa shape index (κ2) is 11.0. The maximum atomic E-state index is 12.4. The van der Waals surface area contributed by atoms with Crippen LogP contribution in [0.4, 0.5) is 0 Å².